The lowest BCUT2D eigenvalue weighted by atomic mass is 10.3. The van der Waals surface area contributed by atoms with E-state index in [9.17, 15) is 0 Å². The number of hydrogen-bond acceptors (Lipinski definition) is 5. The third-order valence-electron chi connectivity index (χ3n) is 2.20. The summed E-state index contributed by atoms with van der Waals surface area (Å²) < 4.78 is 3.80. The second kappa shape index (κ2) is 3.09. The molecule has 0 spiro atoms. The van der Waals surface area contributed by atoms with Crippen molar-refractivity contribution in [2.75, 3.05) is 0 Å². The van der Waals surface area contributed by atoms with Crippen LogP contribution in [0.3, 0.4) is 0 Å². The van der Waals surface area contributed by atoms with Gasteiger partial charge in [0.15, 0.2) is 11.5 Å². The molecule has 74 valence electrons. The minimum absolute atomic E-state index is 0.720. The third-order valence-corrected chi connectivity index (χ3v) is 2.71. The summed E-state index contributed by atoms with van der Waals surface area (Å²) in [5.41, 5.74) is 3.57. The first-order valence-corrected chi connectivity index (χ1v) is 5.27. The first kappa shape index (κ1) is 8.49. The number of aromatic amines is 1. The van der Waals surface area contributed by atoms with Crippen LogP contribution in [0.2, 0.25) is 0 Å². The van der Waals surface area contributed by atoms with Gasteiger partial charge in [0.25, 0.3) is 0 Å². The number of rotatable bonds is 1. The van der Waals surface area contributed by atoms with E-state index in [-0.39, 0.29) is 0 Å². The number of H-pyrrole nitrogens is 1. The molecular weight excluding hydrogens is 210 g/mol. The quantitative estimate of drug-likeness (QED) is 0.674. The van der Waals surface area contributed by atoms with E-state index in [1.54, 1.807) is 6.20 Å². The van der Waals surface area contributed by atoms with Gasteiger partial charge in [-0.1, -0.05) is 4.49 Å². The minimum Gasteiger partial charge on any atom is -0.335 e. The molecule has 0 bridgehead atoms. The van der Waals surface area contributed by atoms with Crippen molar-refractivity contribution in [1.29, 1.82) is 0 Å². The highest BCUT2D eigenvalue weighted by molar-refractivity contribution is 7.03. The molecule has 0 unspecified atom stereocenters. The maximum atomic E-state index is 4.35. The molecule has 3 aromatic rings. The van der Waals surface area contributed by atoms with Gasteiger partial charge >= 0.3 is 0 Å². The zero-order chi connectivity index (χ0) is 10.3. The molecular formula is C9H7N5S. The molecule has 1 N–H and O–H groups in total. The number of aromatic nitrogens is 5. The predicted molar refractivity (Wildman–Crippen MR) is 57.5 cm³/mol. The molecule has 3 aromatic heterocycles. The molecule has 0 aliphatic carbocycles. The van der Waals surface area contributed by atoms with E-state index in [1.165, 1.54) is 11.5 Å². The van der Waals surface area contributed by atoms with Gasteiger partial charge in [-0.25, -0.2) is 9.97 Å². The van der Waals surface area contributed by atoms with Crippen molar-refractivity contribution >= 4 is 22.7 Å². The highest BCUT2D eigenvalue weighted by Crippen LogP contribution is 2.19. The Morgan fingerprint density at radius 3 is 3.07 bits per heavy atom. The Hall–Kier alpha value is -1.82. The molecule has 6 heteroatoms. The number of nitrogens with one attached hydrogen (secondary N) is 1. The Kier molecular flexibility index (Phi) is 1.75. The first-order chi connectivity index (χ1) is 7.34. The summed E-state index contributed by atoms with van der Waals surface area (Å²) in [7, 11) is 0. The second-order valence-electron chi connectivity index (χ2n) is 3.20. The van der Waals surface area contributed by atoms with E-state index in [1.807, 2.05) is 18.4 Å². The zero-order valence-corrected chi connectivity index (χ0v) is 8.75. The molecule has 0 radical (unpaired) electrons. The fraction of sp³-hybridized carbons (Fsp3) is 0.111. The predicted octanol–water partition coefficient (Wildman–Crippen LogP) is 1.78. The molecule has 0 saturated carbocycles. The van der Waals surface area contributed by atoms with Crippen LogP contribution in [-0.2, 0) is 0 Å². The van der Waals surface area contributed by atoms with Crippen molar-refractivity contribution in [3.63, 3.8) is 0 Å². The molecule has 5 nitrogen and oxygen atoms in total. The van der Waals surface area contributed by atoms with Gasteiger partial charge in [-0.3, -0.25) is 0 Å². The van der Waals surface area contributed by atoms with Crippen LogP contribution >= 0.6 is 11.5 Å². The van der Waals surface area contributed by atoms with E-state index in [2.05, 4.69) is 24.5 Å². The molecule has 3 heterocycles. The number of nitrogens with zero attached hydrogens (tertiary/aromatic N) is 4. The lowest BCUT2D eigenvalue weighted by Gasteiger charge is -1.90. The lowest BCUT2D eigenvalue weighted by molar-refractivity contribution is 1.13. The van der Waals surface area contributed by atoms with Gasteiger partial charge in [-0.15, -0.1) is 5.10 Å². The zero-order valence-electron chi connectivity index (χ0n) is 7.93. The van der Waals surface area contributed by atoms with E-state index >= 15 is 0 Å². The normalized spacial score (nSPS) is 11.0. The summed E-state index contributed by atoms with van der Waals surface area (Å²) in [5.74, 6) is 0.723. The summed E-state index contributed by atoms with van der Waals surface area (Å²) >= 11 is 1.31. The van der Waals surface area contributed by atoms with Crippen molar-refractivity contribution in [2.45, 2.75) is 6.92 Å². The van der Waals surface area contributed by atoms with Crippen molar-refractivity contribution in [3.8, 4) is 11.5 Å². The SMILES string of the molecule is Cc1ccnc2nc(-c3csnn3)[nH]c12. The van der Waals surface area contributed by atoms with Crippen LogP contribution in [0.15, 0.2) is 17.6 Å². The third kappa shape index (κ3) is 1.30. The van der Waals surface area contributed by atoms with Crippen LogP contribution in [0, 0.1) is 6.92 Å². The van der Waals surface area contributed by atoms with Gasteiger partial charge in [0.05, 0.1) is 5.52 Å². The average molecular weight is 217 g/mol. The van der Waals surface area contributed by atoms with Gasteiger partial charge < -0.3 is 4.98 Å². The number of hydrogen-bond donors (Lipinski definition) is 1. The standard InChI is InChI=1S/C9H7N5S/c1-5-2-3-10-9-7(5)11-8(12-9)6-4-15-14-13-6/h2-4H,1H3,(H,10,11,12). The van der Waals surface area contributed by atoms with Crippen LogP contribution in [0.4, 0.5) is 0 Å². The maximum absolute atomic E-state index is 4.35. The molecule has 0 aliphatic rings. The smallest absolute Gasteiger partial charge is 0.178 e. The van der Waals surface area contributed by atoms with Gasteiger partial charge in [0.2, 0.25) is 0 Å². The minimum atomic E-state index is 0.720. The Morgan fingerprint density at radius 2 is 2.33 bits per heavy atom. The summed E-state index contributed by atoms with van der Waals surface area (Å²) in [4.78, 5) is 11.7. The second-order valence-corrected chi connectivity index (χ2v) is 3.81. The highest BCUT2D eigenvalue weighted by atomic mass is 32.1. The van der Waals surface area contributed by atoms with E-state index in [0.717, 1.165) is 28.2 Å². The van der Waals surface area contributed by atoms with E-state index in [0.29, 0.717) is 0 Å². The summed E-state index contributed by atoms with van der Waals surface area (Å²) in [6, 6.07) is 1.95. The van der Waals surface area contributed by atoms with Crippen LogP contribution in [-0.4, -0.2) is 24.5 Å². The summed E-state index contributed by atoms with van der Waals surface area (Å²) in [6.07, 6.45) is 1.75. The Bertz CT molecular complexity index is 598. The molecule has 0 saturated heterocycles. The molecule has 15 heavy (non-hydrogen) atoms. The number of pyridine rings is 1. The van der Waals surface area contributed by atoms with Crippen molar-refractivity contribution < 1.29 is 0 Å². The van der Waals surface area contributed by atoms with E-state index < -0.39 is 0 Å². The van der Waals surface area contributed by atoms with Crippen LogP contribution in [0.5, 0.6) is 0 Å². The van der Waals surface area contributed by atoms with Gasteiger partial charge in [-0.2, -0.15) is 0 Å². The van der Waals surface area contributed by atoms with Gasteiger partial charge in [0.1, 0.15) is 5.69 Å². The van der Waals surface area contributed by atoms with Crippen LogP contribution in [0.25, 0.3) is 22.7 Å². The van der Waals surface area contributed by atoms with Gasteiger partial charge in [0, 0.05) is 11.6 Å². The maximum Gasteiger partial charge on any atom is 0.178 e. The number of imidazole rings is 1. The van der Waals surface area contributed by atoms with Crippen LogP contribution in [0.1, 0.15) is 5.56 Å². The highest BCUT2D eigenvalue weighted by Gasteiger charge is 2.09. The molecule has 0 aliphatic heterocycles. The average Bonchev–Trinajstić information content (AvgIpc) is 2.86. The van der Waals surface area contributed by atoms with Crippen molar-refractivity contribution in [2.24, 2.45) is 0 Å². The van der Waals surface area contributed by atoms with E-state index in [4.69, 9.17) is 0 Å². The van der Waals surface area contributed by atoms with Crippen LogP contribution < -0.4 is 0 Å². The Balaban J connectivity index is 2.27. The summed E-state index contributed by atoms with van der Waals surface area (Å²) in [6.45, 7) is 2.02. The monoisotopic (exact) mass is 217 g/mol. The Labute approximate surface area is 89.4 Å². The topological polar surface area (TPSA) is 67.3 Å². The largest absolute Gasteiger partial charge is 0.335 e. The number of aryl methyl sites for hydroxylation is 1. The van der Waals surface area contributed by atoms with Gasteiger partial charge in [-0.05, 0) is 30.1 Å². The molecule has 0 amide bonds. The fourth-order valence-electron chi connectivity index (χ4n) is 1.42. The Morgan fingerprint density at radius 1 is 1.40 bits per heavy atom. The van der Waals surface area contributed by atoms with Crippen molar-refractivity contribution in [3.05, 3.63) is 23.2 Å². The molecule has 3 rings (SSSR count). The lowest BCUT2D eigenvalue weighted by Crippen LogP contribution is -1.79. The number of fused-ring (bicyclic) bond motifs is 1. The first-order valence-electron chi connectivity index (χ1n) is 4.43. The molecule has 0 aromatic carbocycles. The summed E-state index contributed by atoms with van der Waals surface area (Å²) in [5, 5.41) is 5.81. The fourth-order valence-corrected chi connectivity index (χ4v) is 1.87. The molecule has 0 atom stereocenters. The van der Waals surface area contributed by atoms with Crippen molar-refractivity contribution in [1.82, 2.24) is 24.5 Å². The molecule has 0 fully saturated rings.